The molecule has 0 aromatic rings. The van der Waals surface area contributed by atoms with Gasteiger partial charge in [-0.25, -0.2) is 0 Å². The summed E-state index contributed by atoms with van der Waals surface area (Å²) in [6.45, 7) is 0.550. The van der Waals surface area contributed by atoms with Crippen LogP contribution in [0.5, 0.6) is 0 Å². The summed E-state index contributed by atoms with van der Waals surface area (Å²) in [5.41, 5.74) is -0.200. The summed E-state index contributed by atoms with van der Waals surface area (Å²) in [5, 5.41) is 12.2. The monoisotopic (exact) mass is 281 g/mol. The van der Waals surface area contributed by atoms with Gasteiger partial charge in [0, 0.05) is 12.5 Å². The Kier molecular flexibility index (Phi) is 5.44. The third kappa shape index (κ3) is 4.22. The molecule has 0 bridgehead atoms. The maximum absolute atomic E-state index is 12.2. The van der Waals surface area contributed by atoms with Gasteiger partial charge in [0.05, 0.1) is 6.42 Å². The van der Waals surface area contributed by atoms with Crippen LogP contribution >= 0.6 is 0 Å². The van der Waals surface area contributed by atoms with E-state index < -0.39 is 5.97 Å². The van der Waals surface area contributed by atoms with Gasteiger partial charge in [-0.1, -0.05) is 38.5 Å². The van der Waals surface area contributed by atoms with E-state index in [-0.39, 0.29) is 23.7 Å². The van der Waals surface area contributed by atoms with E-state index in [0.29, 0.717) is 6.54 Å². The van der Waals surface area contributed by atoms with Gasteiger partial charge in [0.1, 0.15) is 0 Å². The first-order chi connectivity index (χ1) is 9.61. The molecule has 2 fully saturated rings. The predicted octanol–water partition coefficient (Wildman–Crippen LogP) is 3.11. The lowest BCUT2D eigenvalue weighted by molar-refractivity contribution is -0.141. The molecular formula is C16H27NO3. The predicted molar refractivity (Wildman–Crippen MR) is 77.4 cm³/mol. The molecule has 2 N–H and O–H groups in total. The zero-order valence-electron chi connectivity index (χ0n) is 12.3. The molecule has 114 valence electrons. The number of carbonyl (C=O) groups excluding carboxylic acids is 1. The van der Waals surface area contributed by atoms with Crippen LogP contribution < -0.4 is 5.32 Å². The normalized spacial score (nSPS) is 23.2. The van der Waals surface area contributed by atoms with Gasteiger partial charge < -0.3 is 10.4 Å². The summed E-state index contributed by atoms with van der Waals surface area (Å²) in [6, 6.07) is 0. The van der Waals surface area contributed by atoms with Crippen LogP contribution in [-0.4, -0.2) is 23.5 Å². The molecular weight excluding hydrogens is 254 g/mol. The van der Waals surface area contributed by atoms with E-state index in [2.05, 4.69) is 5.32 Å². The molecule has 4 nitrogen and oxygen atoms in total. The van der Waals surface area contributed by atoms with Gasteiger partial charge in [0.25, 0.3) is 0 Å². The highest BCUT2D eigenvalue weighted by Crippen LogP contribution is 2.39. The maximum atomic E-state index is 12.2. The number of hydrogen-bond acceptors (Lipinski definition) is 2. The average molecular weight is 281 g/mol. The fourth-order valence-electron chi connectivity index (χ4n) is 3.82. The fourth-order valence-corrected chi connectivity index (χ4v) is 3.82. The lowest BCUT2D eigenvalue weighted by Gasteiger charge is -2.36. The van der Waals surface area contributed by atoms with Gasteiger partial charge in [0.2, 0.25) is 5.91 Å². The van der Waals surface area contributed by atoms with Crippen molar-refractivity contribution in [1.29, 1.82) is 0 Å². The van der Waals surface area contributed by atoms with Gasteiger partial charge >= 0.3 is 5.97 Å². The van der Waals surface area contributed by atoms with Crippen LogP contribution in [0.2, 0.25) is 0 Å². The van der Waals surface area contributed by atoms with Crippen LogP contribution in [0.25, 0.3) is 0 Å². The number of nitrogens with one attached hydrogen (secondary N) is 1. The standard InChI is InChI=1S/C16H27NO3/c18-14(19)11-16(9-5-2-6-10-16)12-17-15(20)13-7-3-1-4-8-13/h13H,1-12H2,(H,17,20)(H,18,19). The minimum absolute atomic E-state index is 0.153. The second kappa shape index (κ2) is 7.09. The third-order valence-electron chi connectivity index (χ3n) is 5.05. The summed E-state index contributed by atoms with van der Waals surface area (Å²) in [5.74, 6) is -0.423. The van der Waals surface area contributed by atoms with Crippen molar-refractivity contribution in [3.05, 3.63) is 0 Å². The Morgan fingerprint density at radius 1 is 1.00 bits per heavy atom. The molecule has 0 aliphatic heterocycles. The Labute approximate surface area is 121 Å². The van der Waals surface area contributed by atoms with Crippen molar-refractivity contribution in [2.45, 2.75) is 70.6 Å². The molecule has 4 heteroatoms. The van der Waals surface area contributed by atoms with Crippen molar-refractivity contribution < 1.29 is 14.7 Å². The quantitative estimate of drug-likeness (QED) is 0.813. The van der Waals surface area contributed by atoms with Crippen molar-refractivity contribution in [3.8, 4) is 0 Å². The molecule has 20 heavy (non-hydrogen) atoms. The third-order valence-corrected chi connectivity index (χ3v) is 5.05. The van der Waals surface area contributed by atoms with E-state index >= 15 is 0 Å². The molecule has 1 amide bonds. The zero-order valence-corrected chi connectivity index (χ0v) is 12.3. The molecule has 2 saturated carbocycles. The number of carboxylic acid groups (broad SMARTS) is 1. The maximum Gasteiger partial charge on any atom is 0.303 e. The van der Waals surface area contributed by atoms with Gasteiger partial charge in [-0.3, -0.25) is 9.59 Å². The topological polar surface area (TPSA) is 66.4 Å². The Hall–Kier alpha value is -1.06. The molecule has 0 radical (unpaired) electrons. The second-order valence-electron chi connectivity index (χ2n) is 6.68. The molecule has 2 rings (SSSR count). The van der Waals surface area contributed by atoms with Crippen molar-refractivity contribution in [2.24, 2.45) is 11.3 Å². The molecule has 0 atom stereocenters. The number of amides is 1. The minimum Gasteiger partial charge on any atom is -0.481 e. The lowest BCUT2D eigenvalue weighted by atomic mass is 9.71. The summed E-state index contributed by atoms with van der Waals surface area (Å²) in [6.07, 6.45) is 11.0. The van der Waals surface area contributed by atoms with Crippen LogP contribution in [0.15, 0.2) is 0 Å². The van der Waals surface area contributed by atoms with Crippen LogP contribution in [0.4, 0.5) is 0 Å². The van der Waals surface area contributed by atoms with Gasteiger partial charge in [-0.05, 0) is 31.1 Å². The van der Waals surface area contributed by atoms with Gasteiger partial charge in [-0.15, -0.1) is 0 Å². The van der Waals surface area contributed by atoms with E-state index in [0.717, 1.165) is 51.4 Å². The highest BCUT2D eigenvalue weighted by Gasteiger charge is 2.35. The SMILES string of the molecule is O=C(O)CC1(CNC(=O)C2CCCCC2)CCCCC1. The Morgan fingerprint density at radius 3 is 2.20 bits per heavy atom. The first-order valence-electron chi connectivity index (χ1n) is 8.11. The highest BCUT2D eigenvalue weighted by molar-refractivity contribution is 5.78. The van der Waals surface area contributed by atoms with Crippen molar-refractivity contribution in [1.82, 2.24) is 5.32 Å². The summed E-state index contributed by atoms with van der Waals surface area (Å²) in [7, 11) is 0. The average Bonchev–Trinajstić information content (AvgIpc) is 2.46. The Balaban J connectivity index is 1.87. The summed E-state index contributed by atoms with van der Waals surface area (Å²) >= 11 is 0. The molecule has 0 unspecified atom stereocenters. The van der Waals surface area contributed by atoms with Crippen molar-refractivity contribution in [3.63, 3.8) is 0 Å². The Morgan fingerprint density at radius 2 is 1.60 bits per heavy atom. The number of aliphatic carboxylic acids is 1. The summed E-state index contributed by atoms with van der Waals surface area (Å²) < 4.78 is 0. The smallest absolute Gasteiger partial charge is 0.303 e. The van der Waals surface area contributed by atoms with Crippen LogP contribution in [-0.2, 0) is 9.59 Å². The van der Waals surface area contributed by atoms with E-state index in [1.54, 1.807) is 0 Å². The molecule has 0 heterocycles. The number of hydrogen-bond donors (Lipinski definition) is 2. The first kappa shape index (κ1) is 15.3. The number of carbonyl (C=O) groups is 2. The molecule has 0 aromatic heterocycles. The molecule has 0 saturated heterocycles. The number of carboxylic acids is 1. The highest BCUT2D eigenvalue weighted by atomic mass is 16.4. The number of rotatable bonds is 5. The van der Waals surface area contributed by atoms with E-state index in [1.807, 2.05) is 0 Å². The zero-order chi connectivity index (χ0) is 14.4. The van der Waals surface area contributed by atoms with Crippen LogP contribution in [0.1, 0.15) is 70.6 Å². The molecule has 0 aromatic carbocycles. The minimum atomic E-state index is -0.737. The molecule has 2 aliphatic carbocycles. The van der Waals surface area contributed by atoms with Crippen LogP contribution in [0, 0.1) is 11.3 Å². The summed E-state index contributed by atoms with van der Waals surface area (Å²) in [4.78, 5) is 23.3. The van der Waals surface area contributed by atoms with E-state index in [1.165, 1.54) is 12.8 Å². The lowest BCUT2D eigenvalue weighted by Crippen LogP contribution is -2.42. The fraction of sp³-hybridized carbons (Fsp3) is 0.875. The largest absolute Gasteiger partial charge is 0.481 e. The van der Waals surface area contributed by atoms with Crippen molar-refractivity contribution >= 4 is 11.9 Å². The first-order valence-corrected chi connectivity index (χ1v) is 8.11. The van der Waals surface area contributed by atoms with Gasteiger partial charge in [0.15, 0.2) is 0 Å². The van der Waals surface area contributed by atoms with Crippen LogP contribution in [0.3, 0.4) is 0 Å². The van der Waals surface area contributed by atoms with E-state index in [4.69, 9.17) is 5.11 Å². The molecule has 2 aliphatic rings. The van der Waals surface area contributed by atoms with Crippen molar-refractivity contribution in [2.75, 3.05) is 6.54 Å². The molecule has 0 spiro atoms. The Bertz CT molecular complexity index is 342. The van der Waals surface area contributed by atoms with E-state index in [9.17, 15) is 9.59 Å². The second-order valence-corrected chi connectivity index (χ2v) is 6.68. The van der Waals surface area contributed by atoms with Gasteiger partial charge in [-0.2, -0.15) is 0 Å².